The van der Waals surface area contributed by atoms with Crippen LogP contribution in [0.1, 0.15) is 112 Å². The molecule has 2 aromatic rings. The molecule has 0 bridgehead atoms. The molecule has 8 aliphatic rings. The number of hydrogen-bond acceptors (Lipinski definition) is 2. The molecule has 5 atom stereocenters. The predicted molar refractivity (Wildman–Crippen MR) is 216 cm³/mol. The Kier molecular flexibility index (Phi) is 8.31. The molecule has 262 valence electrons. The van der Waals surface area contributed by atoms with Gasteiger partial charge >= 0.3 is 0 Å². The van der Waals surface area contributed by atoms with Crippen LogP contribution in [0.4, 0.5) is 5.69 Å². The monoisotopic (exact) mass is 681 g/mol. The van der Waals surface area contributed by atoms with E-state index in [9.17, 15) is 5.26 Å². The van der Waals surface area contributed by atoms with Gasteiger partial charge in [0.25, 0.3) is 0 Å². The van der Waals surface area contributed by atoms with Gasteiger partial charge in [0.15, 0.2) is 0 Å². The Morgan fingerprint density at radius 1 is 0.712 bits per heavy atom. The highest BCUT2D eigenvalue weighted by atomic mass is 15.2. The largest absolute Gasteiger partial charge is 0.341 e. The lowest BCUT2D eigenvalue weighted by Crippen LogP contribution is -2.35. The molecule has 1 aromatic carbocycles. The lowest BCUT2D eigenvalue weighted by Gasteiger charge is -2.37. The molecule has 7 aliphatic carbocycles. The zero-order valence-electron chi connectivity index (χ0n) is 30.6. The second kappa shape index (κ2) is 13.5. The summed E-state index contributed by atoms with van der Waals surface area (Å²) in [5, 5.41) is 9.82. The van der Waals surface area contributed by atoms with E-state index in [4.69, 9.17) is 0 Å². The van der Waals surface area contributed by atoms with E-state index in [-0.39, 0.29) is 0 Å². The molecule has 1 aromatic heterocycles. The fourth-order valence-electron chi connectivity index (χ4n) is 11.4. The maximum atomic E-state index is 9.82. The number of fused-ring (bicyclic) bond motifs is 5. The van der Waals surface area contributed by atoms with Gasteiger partial charge in [0, 0.05) is 46.0 Å². The number of nitrogens with zero attached hydrogens (tertiary/aromatic N) is 3. The SMILES string of the molecule is N#CC1=CC=CC(C2CC=CCC2C2=C(c3cc(N4C5=C(CCCC5)C5C=CCCC54)cc(-n4c5c(c6c4C=CCC6)CCC=C5)c3)CCC=C2)C1. The lowest BCUT2D eigenvalue weighted by molar-refractivity contribution is 0.287. The Hall–Kier alpha value is -4.55. The van der Waals surface area contributed by atoms with E-state index >= 15 is 0 Å². The van der Waals surface area contributed by atoms with Crippen LogP contribution in [0.3, 0.4) is 0 Å². The minimum absolute atomic E-state index is 0.398. The van der Waals surface area contributed by atoms with E-state index in [0.29, 0.717) is 29.7 Å². The molecule has 3 nitrogen and oxygen atoms in total. The van der Waals surface area contributed by atoms with E-state index in [1.54, 1.807) is 33.5 Å². The Labute approximate surface area is 310 Å². The zero-order valence-corrected chi connectivity index (χ0v) is 30.6. The maximum absolute atomic E-state index is 9.82. The predicted octanol–water partition coefficient (Wildman–Crippen LogP) is 12.1. The standard InChI is InChI=1S/C49H51N3/c50-32-33-14-13-15-34(28-33)38-16-1-3-18-40(38)41-19-4-2-17-39(41)35-29-36(51-46-24-9-5-20-42(46)43-21-6-10-25-47(43)51)31-37(30-35)52-48-26-11-7-22-44(48)45-23-8-12-27-49(45)52/h1,3-5,11-15,19-20,26-27,29-31,34,38,40,42,46H,2,6-10,16-18,21-25,28H2. The number of hydrogen-bond donors (Lipinski definition) is 0. The first-order chi connectivity index (χ1) is 25.8. The van der Waals surface area contributed by atoms with Crippen LogP contribution in [0.15, 0.2) is 107 Å². The molecule has 0 N–H and O–H groups in total. The number of anilines is 1. The van der Waals surface area contributed by atoms with Gasteiger partial charge in [0.05, 0.1) is 6.07 Å². The average Bonchev–Trinajstić information content (AvgIpc) is 3.74. The van der Waals surface area contributed by atoms with Crippen LogP contribution in [0.25, 0.3) is 23.4 Å². The van der Waals surface area contributed by atoms with Gasteiger partial charge in [-0.3, -0.25) is 0 Å². The van der Waals surface area contributed by atoms with Crippen LogP contribution < -0.4 is 4.90 Å². The Balaban J connectivity index is 1.16. The van der Waals surface area contributed by atoms with Crippen molar-refractivity contribution in [2.75, 3.05) is 4.90 Å². The third-order valence-electron chi connectivity index (χ3n) is 13.7. The van der Waals surface area contributed by atoms with Crippen molar-refractivity contribution in [3.05, 3.63) is 136 Å². The van der Waals surface area contributed by atoms with Crippen molar-refractivity contribution < 1.29 is 0 Å². The molecule has 1 aliphatic heterocycles. The van der Waals surface area contributed by atoms with Crippen LogP contribution in [-0.4, -0.2) is 10.6 Å². The number of rotatable bonds is 5. The second-order valence-electron chi connectivity index (χ2n) is 16.5. The molecule has 10 rings (SSSR count). The quantitative estimate of drug-likeness (QED) is 0.294. The minimum Gasteiger partial charge on any atom is -0.341 e. The molecule has 0 radical (unpaired) electrons. The second-order valence-corrected chi connectivity index (χ2v) is 16.5. The van der Waals surface area contributed by atoms with Crippen molar-refractivity contribution in [2.24, 2.45) is 23.7 Å². The van der Waals surface area contributed by atoms with Gasteiger partial charge < -0.3 is 9.47 Å². The van der Waals surface area contributed by atoms with Crippen molar-refractivity contribution in [2.45, 2.75) is 102 Å². The molecule has 0 saturated carbocycles. The van der Waals surface area contributed by atoms with Gasteiger partial charge in [-0.1, -0.05) is 60.8 Å². The number of aromatic nitrogens is 1. The van der Waals surface area contributed by atoms with Crippen molar-refractivity contribution in [1.29, 1.82) is 5.26 Å². The summed E-state index contributed by atoms with van der Waals surface area (Å²) in [6, 6.07) is 10.8. The molecule has 0 fully saturated rings. The molecule has 0 spiro atoms. The number of benzene rings is 1. The lowest BCUT2D eigenvalue weighted by atomic mass is 9.67. The molecule has 3 heteroatoms. The van der Waals surface area contributed by atoms with Gasteiger partial charge in [-0.2, -0.15) is 5.26 Å². The van der Waals surface area contributed by atoms with Crippen molar-refractivity contribution in [3.63, 3.8) is 0 Å². The average molecular weight is 682 g/mol. The van der Waals surface area contributed by atoms with Crippen LogP contribution >= 0.6 is 0 Å². The summed E-state index contributed by atoms with van der Waals surface area (Å²) in [5.41, 5.74) is 17.5. The van der Waals surface area contributed by atoms with E-state index in [2.05, 4.69) is 107 Å². The molecule has 0 saturated heterocycles. The third kappa shape index (κ3) is 5.36. The molecular formula is C49H51N3. The smallest absolute Gasteiger partial charge is 0.0947 e. The van der Waals surface area contributed by atoms with Gasteiger partial charge in [0.1, 0.15) is 0 Å². The highest BCUT2D eigenvalue weighted by molar-refractivity contribution is 5.80. The van der Waals surface area contributed by atoms with E-state index in [0.717, 1.165) is 63.4 Å². The summed E-state index contributed by atoms with van der Waals surface area (Å²) in [6.45, 7) is 0. The van der Waals surface area contributed by atoms with Crippen molar-refractivity contribution in [3.8, 4) is 11.8 Å². The van der Waals surface area contributed by atoms with Gasteiger partial charge in [0.2, 0.25) is 0 Å². The molecular weight excluding hydrogens is 631 g/mol. The highest BCUT2D eigenvalue weighted by Crippen LogP contribution is 2.50. The summed E-state index contributed by atoms with van der Waals surface area (Å²) in [5.74, 6) is 1.90. The first kappa shape index (κ1) is 32.1. The first-order valence-corrected chi connectivity index (χ1v) is 20.5. The molecule has 5 unspecified atom stereocenters. The normalized spacial score (nSPS) is 28.8. The Morgan fingerprint density at radius 2 is 1.48 bits per heavy atom. The Bertz CT molecular complexity index is 2090. The van der Waals surface area contributed by atoms with E-state index in [1.807, 2.05) is 6.08 Å². The van der Waals surface area contributed by atoms with Gasteiger partial charge in [-0.05, 0) is 184 Å². The third-order valence-corrected chi connectivity index (χ3v) is 13.7. The molecule has 52 heavy (non-hydrogen) atoms. The summed E-state index contributed by atoms with van der Waals surface area (Å²) >= 11 is 0. The molecule has 0 amide bonds. The fraction of sp³-hybridized carbons (Fsp3) is 0.408. The van der Waals surface area contributed by atoms with E-state index in [1.165, 1.54) is 66.9 Å². The summed E-state index contributed by atoms with van der Waals surface area (Å²) in [6.07, 6.45) is 48.2. The summed E-state index contributed by atoms with van der Waals surface area (Å²) in [7, 11) is 0. The topological polar surface area (TPSA) is 32.0 Å². The Morgan fingerprint density at radius 3 is 2.33 bits per heavy atom. The van der Waals surface area contributed by atoms with Crippen molar-refractivity contribution in [1.82, 2.24) is 4.57 Å². The van der Waals surface area contributed by atoms with Crippen LogP contribution in [0.5, 0.6) is 0 Å². The summed E-state index contributed by atoms with van der Waals surface area (Å²) < 4.78 is 2.64. The molecule has 2 heterocycles. The van der Waals surface area contributed by atoms with Crippen LogP contribution in [0.2, 0.25) is 0 Å². The minimum atomic E-state index is 0.398. The van der Waals surface area contributed by atoms with Crippen molar-refractivity contribution >= 4 is 23.4 Å². The van der Waals surface area contributed by atoms with Crippen LogP contribution in [-0.2, 0) is 12.8 Å². The maximum Gasteiger partial charge on any atom is 0.0947 e. The van der Waals surface area contributed by atoms with Gasteiger partial charge in [-0.15, -0.1) is 0 Å². The van der Waals surface area contributed by atoms with E-state index < -0.39 is 0 Å². The number of allylic oxidation sites excluding steroid dienone is 14. The fourth-order valence-corrected chi connectivity index (χ4v) is 11.4. The van der Waals surface area contributed by atoms with Gasteiger partial charge in [-0.25, -0.2) is 0 Å². The highest BCUT2D eigenvalue weighted by Gasteiger charge is 2.42. The number of nitriles is 1. The first-order valence-electron chi connectivity index (χ1n) is 20.5. The zero-order chi connectivity index (χ0) is 34.6. The van der Waals surface area contributed by atoms with Crippen LogP contribution in [0, 0.1) is 35.0 Å². The summed E-state index contributed by atoms with van der Waals surface area (Å²) in [4.78, 5) is 2.84.